The topological polar surface area (TPSA) is 26.0 Å². The fourth-order valence-electron chi connectivity index (χ4n) is 1.65. The van der Waals surface area contributed by atoms with Gasteiger partial charge in [0.05, 0.1) is 0 Å². The molecule has 2 rings (SSSR count). The standard InChI is InChI=1S/C11H13BrIN/c12-11-8(2-1-3-9(11)13)10(14)6-7-4-5-7/h1-3,7,10H,4-6,14H2/t10-/m0/s1. The van der Waals surface area contributed by atoms with Crippen molar-refractivity contribution in [3.63, 3.8) is 0 Å². The fraction of sp³-hybridized carbons (Fsp3) is 0.455. The summed E-state index contributed by atoms with van der Waals surface area (Å²) >= 11 is 5.93. The molecule has 0 radical (unpaired) electrons. The second kappa shape index (κ2) is 4.49. The Labute approximate surface area is 107 Å². The summed E-state index contributed by atoms with van der Waals surface area (Å²) in [7, 11) is 0. The molecule has 1 atom stereocenters. The third-order valence-electron chi connectivity index (χ3n) is 2.67. The molecule has 2 N–H and O–H groups in total. The third kappa shape index (κ3) is 2.49. The molecule has 1 aromatic carbocycles. The van der Waals surface area contributed by atoms with Crippen molar-refractivity contribution in [1.29, 1.82) is 0 Å². The van der Waals surface area contributed by atoms with Crippen LogP contribution in [0.2, 0.25) is 0 Å². The lowest BCUT2D eigenvalue weighted by atomic mass is 10.0. The molecule has 14 heavy (non-hydrogen) atoms. The zero-order valence-corrected chi connectivity index (χ0v) is 11.6. The molecule has 1 aliphatic carbocycles. The van der Waals surface area contributed by atoms with Gasteiger partial charge in [0, 0.05) is 14.1 Å². The van der Waals surface area contributed by atoms with Crippen LogP contribution in [-0.4, -0.2) is 0 Å². The predicted molar refractivity (Wildman–Crippen MR) is 71.1 cm³/mol. The molecule has 1 fully saturated rings. The van der Waals surface area contributed by atoms with Crippen LogP contribution in [0.1, 0.15) is 30.9 Å². The van der Waals surface area contributed by atoms with Crippen LogP contribution in [0.3, 0.4) is 0 Å². The molecular formula is C11H13BrIN. The summed E-state index contributed by atoms with van der Waals surface area (Å²) in [6.45, 7) is 0. The Bertz CT molecular complexity index is 336. The zero-order valence-electron chi connectivity index (χ0n) is 7.84. The van der Waals surface area contributed by atoms with E-state index in [1.807, 2.05) is 0 Å². The van der Waals surface area contributed by atoms with E-state index in [2.05, 4.69) is 56.7 Å². The van der Waals surface area contributed by atoms with Crippen LogP contribution in [0, 0.1) is 9.49 Å². The molecule has 0 bridgehead atoms. The number of halogens is 2. The summed E-state index contributed by atoms with van der Waals surface area (Å²) in [5.41, 5.74) is 7.43. The van der Waals surface area contributed by atoms with E-state index in [9.17, 15) is 0 Å². The average molecular weight is 366 g/mol. The maximum Gasteiger partial charge on any atom is 0.0356 e. The highest BCUT2D eigenvalue weighted by Gasteiger charge is 2.25. The first-order valence-electron chi connectivity index (χ1n) is 4.88. The van der Waals surface area contributed by atoms with Gasteiger partial charge >= 0.3 is 0 Å². The summed E-state index contributed by atoms with van der Waals surface area (Å²) in [5.74, 6) is 0.884. The Balaban J connectivity index is 2.16. The summed E-state index contributed by atoms with van der Waals surface area (Å²) in [6, 6.07) is 6.50. The zero-order chi connectivity index (χ0) is 10.1. The highest BCUT2D eigenvalue weighted by molar-refractivity contribution is 14.1. The van der Waals surface area contributed by atoms with Crippen LogP contribution in [-0.2, 0) is 0 Å². The lowest BCUT2D eigenvalue weighted by molar-refractivity contribution is 0.595. The minimum atomic E-state index is 0.201. The van der Waals surface area contributed by atoms with Crippen molar-refractivity contribution >= 4 is 38.5 Å². The molecule has 0 amide bonds. The fourth-order valence-corrected chi connectivity index (χ4v) is 2.72. The van der Waals surface area contributed by atoms with E-state index in [0.717, 1.165) is 12.3 Å². The number of nitrogens with two attached hydrogens (primary N) is 1. The number of benzene rings is 1. The van der Waals surface area contributed by atoms with Crippen molar-refractivity contribution in [1.82, 2.24) is 0 Å². The van der Waals surface area contributed by atoms with Gasteiger partial charge in [-0.25, -0.2) is 0 Å². The van der Waals surface area contributed by atoms with Gasteiger partial charge in [0.2, 0.25) is 0 Å². The van der Waals surface area contributed by atoms with Gasteiger partial charge in [0.15, 0.2) is 0 Å². The van der Waals surface area contributed by atoms with E-state index >= 15 is 0 Å². The Morgan fingerprint density at radius 1 is 1.50 bits per heavy atom. The van der Waals surface area contributed by atoms with Gasteiger partial charge in [-0.2, -0.15) is 0 Å². The van der Waals surface area contributed by atoms with Crippen LogP contribution in [0.25, 0.3) is 0 Å². The first-order chi connectivity index (χ1) is 6.68. The largest absolute Gasteiger partial charge is 0.324 e. The molecule has 0 aliphatic heterocycles. The smallest absolute Gasteiger partial charge is 0.0356 e. The van der Waals surface area contributed by atoms with Gasteiger partial charge in [-0.3, -0.25) is 0 Å². The molecule has 1 saturated carbocycles. The van der Waals surface area contributed by atoms with Crippen LogP contribution < -0.4 is 5.73 Å². The van der Waals surface area contributed by atoms with Crippen LogP contribution in [0.4, 0.5) is 0 Å². The van der Waals surface area contributed by atoms with Crippen molar-refractivity contribution in [3.05, 3.63) is 31.8 Å². The second-order valence-electron chi connectivity index (χ2n) is 3.93. The SMILES string of the molecule is N[C@@H](CC1CC1)c1cccc(I)c1Br. The molecule has 3 heteroatoms. The average Bonchev–Trinajstić information content (AvgIpc) is 2.93. The third-order valence-corrected chi connectivity index (χ3v) is 5.19. The minimum absolute atomic E-state index is 0.201. The van der Waals surface area contributed by atoms with Gasteiger partial charge in [-0.1, -0.05) is 25.0 Å². The minimum Gasteiger partial charge on any atom is -0.324 e. The molecule has 0 spiro atoms. The summed E-state index contributed by atoms with van der Waals surface area (Å²) in [5, 5.41) is 0. The van der Waals surface area contributed by atoms with E-state index in [4.69, 9.17) is 5.73 Å². The maximum atomic E-state index is 6.17. The Kier molecular flexibility index (Phi) is 3.50. The second-order valence-corrected chi connectivity index (χ2v) is 5.88. The van der Waals surface area contributed by atoms with Gasteiger partial charge in [-0.05, 0) is 62.5 Å². The predicted octanol–water partition coefficient (Wildman–Crippen LogP) is 3.85. The van der Waals surface area contributed by atoms with Crippen LogP contribution in [0.5, 0.6) is 0 Å². The van der Waals surface area contributed by atoms with E-state index in [0.29, 0.717) is 0 Å². The van der Waals surface area contributed by atoms with Crippen molar-refractivity contribution in [3.8, 4) is 0 Å². The van der Waals surface area contributed by atoms with E-state index in [1.165, 1.54) is 26.4 Å². The summed E-state index contributed by atoms with van der Waals surface area (Å²) < 4.78 is 2.42. The molecule has 0 unspecified atom stereocenters. The molecule has 0 aromatic heterocycles. The maximum absolute atomic E-state index is 6.17. The lowest BCUT2D eigenvalue weighted by Crippen LogP contribution is -2.12. The monoisotopic (exact) mass is 365 g/mol. The normalized spacial score (nSPS) is 18.2. The van der Waals surface area contributed by atoms with Crippen LogP contribution in [0.15, 0.2) is 22.7 Å². The van der Waals surface area contributed by atoms with Gasteiger partial charge < -0.3 is 5.73 Å². The number of rotatable bonds is 3. The molecule has 1 nitrogen and oxygen atoms in total. The molecule has 1 aromatic rings. The van der Waals surface area contributed by atoms with E-state index < -0.39 is 0 Å². The number of hydrogen-bond donors (Lipinski definition) is 1. The Morgan fingerprint density at radius 3 is 2.86 bits per heavy atom. The van der Waals surface area contributed by atoms with Gasteiger partial charge in [-0.15, -0.1) is 0 Å². The first kappa shape index (κ1) is 10.9. The van der Waals surface area contributed by atoms with Crippen molar-refractivity contribution in [2.45, 2.75) is 25.3 Å². The summed E-state index contributed by atoms with van der Waals surface area (Å²) in [6.07, 6.45) is 3.88. The molecule has 0 saturated heterocycles. The van der Waals surface area contributed by atoms with Crippen molar-refractivity contribution in [2.75, 3.05) is 0 Å². The number of hydrogen-bond acceptors (Lipinski definition) is 1. The molecule has 1 aliphatic rings. The van der Waals surface area contributed by atoms with Crippen LogP contribution >= 0.6 is 38.5 Å². The van der Waals surface area contributed by atoms with E-state index in [1.54, 1.807) is 0 Å². The van der Waals surface area contributed by atoms with Gasteiger partial charge in [0.25, 0.3) is 0 Å². The summed E-state index contributed by atoms with van der Waals surface area (Å²) in [4.78, 5) is 0. The Hall–Kier alpha value is 0.390. The quantitative estimate of drug-likeness (QED) is 0.809. The van der Waals surface area contributed by atoms with Gasteiger partial charge in [0.1, 0.15) is 0 Å². The molecular weight excluding hydrogens is 353 g/mol. The molecule has 76 valence electrons. The van der Waals surface area contributed by atoms with E-state index in [-0.39, 0.29) is 6.04 Å². The molecule has 0 heterocycles. The van der Waals surface area contributed by atoms with Crippen molar-refractivity contribution < 1.29 is 0 Å². The lowest BCUT2D eigenvalue weighted by Gasteiger charge is -2.14. The van der Waals surface area contributed by atoms with Crippen molar-refractivity contribution in [2.24, 2.45) is 11.7 Å². The highest BCUT2D eigenvalue weighted by Crippen LogP contribution is 2.38. The Morgan fingerprint density at radius 2 is 2.21 bits per heavy atom. The highest BCUT2D eigenvalue weighted by atomic mass is 127. The first-order valence-corrected chi connectivity index (χ1v) is 6.75.